The average molecular weight is 376 g/mol. The fraction of sp³-hybridized carbons (Fsp3) is 0.0952. The molecule has 28 heavy (non-hydrogen) atoms. The van der Waals surface area contributed by atoms with E-state index in [0.29, 0.717) is 28.4 Å². The fourth-order valence-corrected chi connectivity index (χ4v) is 2.65. The smallest absolute Gasteiger partial charge is 0.258 e. The first-order valence-corrected chi connectivity index (χ1v) is 8.59. The molecule has 7 nitrogen and oxygen atoms in total. The van der Waals surface area contributed by atoms with E-state index in [0.717, 1.165) is 0 Å². The van der Waals surface area contributed by atoms with E-state index in [1.807, 2.05) is 0 Å². The van der Waals surface area contributed by atoms with E-state index >= 15 is 0 Å². The molecule has 0 radical (unpaired) electrons. The Morgan fingerprint density at radius 3 is 2.39 bits per heavy atom. The number of nitrogen functional groups attached to an aromatic ring is 1. The molecular formula is C21H20N4O3. The van der Waals surface area contributed by atoms with Crippen LogP contribution in [-0.2, 0) is 9.53 Å². The van der Waals surface area contributed by atoms with Crippen LogP contribution in [0.4, 0.5) is 22.9 Å². The molecule has 3 aromatic rings. The van der Waals surface area contributed by atoms with E-state index in [9.17, 15) is 9.59 Å². The number of para-hydroxylation sites is 2. The molecule has 0 aliphatic heterocycles. The Labute approximate surface area is 162 Å². The van der Waals surface area contributed by atoms with Crippen LogP contribution < -0.4 is 16.0 Å². The van der Waals surface area contributed by atoms with Crippen molar-refractivity contribution in [3.63, 3.8) is 0 Å². The number of ether oxygens (including phenoxy) is 1. The van der Waals surface area contributed by atoms with Crippen molar-refractivity contribution in [2.45, 2.75) is 0 Å². The van der Waals surface area contributed by atoms with Gasteiger partial charge in [-0.2, -0.15) is 0 Å². The van der Waals surface area contributed by atoms with Gasteiger partial charge in [-0.3, -0.25) is 14.5 Å². The molecule has 3 rings (SSSR count). The highest BCUT2D eigenvalue weighted by Gasteiger charge is 2.19. The van der Waals surface area contributed by atoms with Crippen molar-refractivity contribution < 1.29 is 14.3 Å². The zero-order valence-corrected chi connectivity index (χ0v) is 15.3. The SMILES string of the molecule is COCC(=O)N(c1ccc(C(=O)Nc2ccccc2N)cc1)c1ccccn1. The summed E-state index contributed by atoms with van der Waals surface area (Å²) in [7, 11) is 1.46. The lowest BCUT2D eigenvalue weighted by Gasteiger charge is -2.21. The molecule has 0 atom stereocenters. The van der Waals surface area contributed by atoms with Crippen LogP contribution in [0.3, 0.4) is 0 Å². The number of carbonyl (C=O) groups is 2. The van der Waals surface area contributed by atoms with E-state index < -0.39 is 0 Å². The van der Waals surface area contributed by atoms with Gasteiger partial charge in [-0.15, -0.1) is 0 Å². The number of carbonyl (C=O) groups excluding carboxylic acids is 2. The maximum absolute atomic E-state index is 12.5. The molecular weight excluding hydrogens is 356 g/mol. The Balaban J connectivity index is 1.84. The van der Waals surface area contributed by atoms with E-state index in [1.54, 1.807) is 72.9 Å². The van der Waals surface area contributed by atoms with Crippen molar-refractivity contribution in [2.75, 3.05) is 29.7 Å². The average Bonchev–Trinajstić information content (AvgIpc) is 2.71. The Kier molecular flexibility index (Phi) is 5.98. The number of nitrogens with two attached hydrogens (primary N) is 1. The minimum absolute atomic E-state index is 0.0912. The van der Waals surface area contributed by atoms with E-state index in [4.69, 9.17) is 10.5 Å². The predicted molar refractivity (Wildman–Crippen MR) is 109 cm³/mol. The Bertz CT molecular complexity index is 959. The second-order valence-electron chi connectivity index (χ2n) is 5.94. The van der Waals surface area contributed by atoms with Gasteiger partial charge in [0.05, 0.1) is 17.1 Å². The second-order valence-corrected chi connectivity index (χ2v) is 5.94. The Hall–Kier alpha value is -3.71. The highest BCUT2D eigenvalue weighted by Crippen LogP contribution is 2.25. The first kappa shape index (κ1) is 19.1. The first-order chi connectivity index (χ1) is 13.6. The van der Waals surface area contributed by atoms with Crippen molar-refractivity contribution in [1.82, 2.24) is 4.98 Å². The van der Waals surface area contributed by atoms with E-state index in [-0.39, 0.29) is 18.4 Å². The molecule has 0 saturated carbocycles. The number of pyridine rings is 1. The van der Waals surface area contributed by atoms with E-state index in [1.165, 1.54) is 12.0 Å². The summed E-state index contributed by atoms with van der Waals surface area (Å²) < 4.78 is 4.97. The quantitative estimate of drug-likeness (QED) is 0.644. The fourth-order valence-electron chi connectivity index (χ4n) is 2.65. The molecule has 0 aliphatic rings. The first-order valence-electron chi connectivity index (χ1n) is 8.59. The number of hydrogen-bond donors (Lipinski definition) is 2. The van der Waals surface area contributed by atoms with Crippen LogP contribution in [0.5, 0.6) is 0 Å². The molecule has 0 fully saturated rings. The molecule has 2 aromatic carbocycles. The lowest BCUT2D eigenvalue weighted by molar-refractivity contribution is -0.121. The highest BCUT2D eigenvalue weighted by molar-refractivity contribution is 6.06. The third-order valence-corrected chi connectivity index (χ3v) is 3.99. The Morgan fingerprint density at radius 1 is 1.04 bits per heavy atom. The number of aromatic nitrogens is 1. The molecule has 142 valence electrons. The molecule has 7 heteroatoms. The molecule has 0 spiro atoms. The molecule has 2 amide bonds. The van der Waals surface area contributed by atoms with Gasteiger partial charge in [0.15, 0.2) is 0 Å². The van der Waals surface area contributed by atoms with Gasteiger partial charge in [-0.25, -0.2) is 4.98 Å². The summed E-state index contributed by atoms with van der Waals surface area (Å²) in [5.74, 6) is -0.0914. The van der Waals surface area contributed by atoms with Gasteiger partial charge in [-0.1, -0.05) is 18.2 Å². The number of amides is 2. The number of nitrogens with one attached hydrogen (secondary N) is 1. The number of anilines is 4. The molecule has 0 unspecified atom stereocenters. The summed E-state index contributed by atoms with van der Waals surface area (Å²) in [6.07, 6.45) is 1.61. The maximum Gasteiger partial charge on any atom is 0.258 e. The third kappa shape index (κ3) is 4.33. The van der Waals surface area contributed by atoms with Gasteiger partial charge < -0.3 is 15.8 Å². The summed E-state index contributed by atoms with van der Waals surface area (Å²) in [6, 6.07) is 19.0. The van der Waals surface area contributed by atoms with Crippen LogP contribution in [0.2, 0.25) is 0 Å². The number of methoxy groups -OCH3 is 1. The normalized spacial score (nSPS) is 10.3. The standard InChI is InChI=1S/C21H20N4O3/c1-28-14-20(26)25(19-8-4-5-13-23-19)16-11-9-15(10-12-16)21(27)24-18-7-3-2-6-17(18)22/h2-13H,14,22H2,1H3,(H,24,27). The summed E-state index contributed by atoms with van der Waals surface area (Å²) in [5, 5.41) is 2.77. The minimum Gasteiger partial charge on any atom is -0.397 e. The zero-order valence-electron chi connectivity index (χ0n) is 15.3. The monoisotopic (exact) mass is 376 g/mol. The van der Waals surface area contributed by atoms with Gasteiger partial charge in [-0.05, 0) is 48.5 Å². The van der Waals surface area contributed by atoms with Gasteiger partial charge in [0, 0.05) is 18.9 Å². The van der Waals surface area contributed by atoms with Crippen LogP contribution in [0.25, 0.3) is 0 Å². The molecule has 1 aromatic heterocycles. The highest BCUT2D eigenvalue weighted by atomic mass is 16.5. The van der Waals surface area contributed by atoms with Gasteiger partial charge >= 0.3 is 0 Å². The predicted octanol–water partition coefficient (Wildman–Crippen LogP) is 3.23. The van der Waals surface area contributed by atoms with Crippen LogP contribution in [0.1, 0.15) is 10.4 Å². The molecule has 3 N–H and O–H groups in total. The number of hydrogen-bond acceptors (Lipinski definition) is 5. The molecule has 1 heterocycles. The second kappa shape index (κ2) is 8.79. The number of benzene rings is 2. The third-order valence-electron chi connectivity index (χ3n) is 3.99. The molecule has 0 aliphatic carbocycles. The van der Waals surface area contributed by atoms with Crippen LogP contribution in [-0.4, -0.2) is 30.5 Å². The van der Waals surface area contributed by atoms with Crippen molar-refractivity contribution >= 4 is 34.7 Å². The van der Waals surface area contributed by atoms with Gasteiger partial charge in [0.1, 0.15) is 12.4 Å². The van der Waals surface area contributed by atoms with Crippen molar-refractivity contribution in [2.24, 2.45) is 0 Å². The lowest BCUT2D eigenvalue weighted by Crippen LogP contribution is -2.30. The van der Waals surface area contributed by atoms with Gasteiger partial charge in [0.2, 0.25) is 0 Å². The minimum atomic E-state index is -0.294. The zero-order chi connectivity index (χ0) is 19.9. The summed E-state index contributed by atoms with van der Waals surface area (Å²) in [6.45, 7) is -0.0912. The number of rotatable bonds is 6. The van der Waals surface area contributed by atoms with Crippen LogP contribution in [0, 0.1) is 0 Å². The molecule has 0 bridgehead atoms. The van der Waals surface area contributed by atoms with E-state index in [2.05, 4.69) is 10.3 Å². The number of nitrogens with zero attached hydrogens (tertiary/aromatic N) is 2. The largest absolute Gasteiger partial charge is 0.397 e. The van der Waals surface area contributed by atoms with Crippen molar-refractivity contribution in [3.05, 3.63) is 78.5 Å². The van der Waals surface area contributed by atoms with Crippen LogP contribution >= 0.6 is 0 Å². The lowest BCUT2D eigenvalue weighted by atomic mass is 10.1. The molecule has 0 saturated heterocycles. The van der Waals surface area contributed by atoms with Crippen LogP contribution in [0.15, 0.2) is 72.9 Å². The topological polar surface area (TPSA) is 97.5 Å². The summed E-state index contributed by atoms with van der Waals surface area (Å²) >= 11 is 0. The van der Waals surface area contributed by atoms with Gasteiger partial charge in [0.25, 0.3) is 11.8 Å². The van der Waals surface area contributed by atoms with Crippen molar-refractivity contribution in [3.8, 4) is 0 Å². The Morgan fingerprint density at radius 2 is 1.75 bits per heavy atom. The summed E-state index contributed by atoms with van der Waals surface area (Å²) in [4.78, 5) is 30.7. The summed E-state index contributed by atoms with van der Waals surface area (Å²) in [5.41, 5.74) is 7.91. The van der Waals surface area contributed by atoms with Crippen molar-refractivity contribution in [1.29, 1.82) is 0 Å². The maximum atomic E-state index is 12.5.